The lowest BCUT2D eigenvalue weighted by Crippen LogP contribution is -2.42. The van der Waals surface area contributed by atoms with Crippen LogP contribution in [0.4, 0.5) is 0 Å². The summed E-state index contributed by atoms with van der Waals surface area (Å²) in [4.78, 5) is 10.8. The first-order valence-electron chi connectivity index (χ1n) is 6.99. The molecule has 0 aliphatic rings. The number of rotatable bonds is 9. The Morgan fingerprint density at radius 2 is 1.74 bits per heavy atom. The predicted octanol–water partition coefficient (Wildman–Crippen LogP) is 3.90. The first-order valence-corrected chi connectivity index (χ1v) is 6.99. The van der Waals surface area contributed by atoms with E-state index in [2.05, 4.69) is 45.1 Å². The van der Waals surface area contributed by atoms with Crippen LogP contribution in [0.15, 0.2) is 24.3 Å². The van der Waals surface area contributed by atoms with Crippen LogP contribution in [-0.4, -0.2) is 16.6 Å². The topological polar surface area (TPSA) is 63.3 Å². The van der Waals surface area contributed by atoms with Crippen molar-refractivity contribution in [3.8, 4) is 0 Å². The van der Waals surface area contributed by atoms with Crippen molar-refractivity contribution in [2.45, 2.75) is 65.3 Å². The molecule has 0 bridgehead atoms. The average Bonchev–Trinajstić information content (AvgIpc) is 2.19. The fraction of sp³-hybridized carbons (Fsp3) is 0.688. The standard InChI is InChI=1S/C16H29NO2/c1-5-6-7-8-9-10-11-15(2,3)13-16(4,17)12-14(18)19/h6-7,9-10H,5,8,11-13,17H2,1-4H3,(H,18,19)/b7-6-,10-9-. The summed E-state index contributed by atoms with van der Waals surface area (Å²) in [6.07, 6.45) is 12.3. The molecule has 1 unspecified atom stereocenters. The van der Waals surface area contributed by atoms with Gasteiger partial charge in [0.05, 0.1) is 6.42 Å². The van der Waals surface area contributed by atoms with Crippen LogP contribution < -0.4 is 5.73 Å². The summed E-state index contributed by atoms with van der Waals surface area (Å²) >= 11 is 0. The fourth-order valence-electron chi connectivity index (χ4n) is 2.41. The smallest absolute Gasteiger partial charge is 0.305 e. The van der Waals surface area contributed by atoms with Gasteiger partial charge in [-0.05, 0) is 38.0 Å². The number of hydrogen-bond donors (Lipinski definition) is 2. The monoisotopic (exact) mass is 267 g/mol. The molecule has 0 saturated carbocycles. The second-order valence-corrected chi connectivity index (χ2v) is 6.36. The lowest BCUT2D eigenvalue weighted by atomic mass is 9.76. The fourth-order valence-corrected chi connectivity index (χ4v) is 2.41. The maximum absolute atomic E-state index is 10.8. The molecule has 19 heavy (non-hydrogen) atoms. The van der Waals surface area contributed by atoms with E-state index in [0.29, 0.717) is 6.42 Å². The van der Waals surface area contributed by atoms with Crippen molar-refractivity contribution in [2.24, 2.45) is 11.1 Å². The Labute approximate surface area is 117 Å². The van der Waals surface area contributed by atoms with Crippen LogP contribution >= 0.6 is 0 Å². The molecule has 0 spiro atoms. The quantitative estimate of drug-likeness (QED) is 0.623. The lowest BCUT2D eigenvalue weighted by molar-refractivity contribution is -0.138. The molecule has 3 nitrogen and oxygen atoms in total. The summed E-state index contributed by atoms with van der Waals surface area (Å²) in [6, 6.07) is 0. The Morgan fingerprint density at radius 1 is 1.16 bits per heavy atom. The van der Waals surface area contributed by atoms with E-state index < -0.39 is 11.5 Å². The highest BCUT2D eigenvalue weighted by atomic mass is 16.4. The zero-order chi connectivity index (χ0) is 14.9. The Bertz CT molecular complexity index is 328. The molecule has 3 heteroatoms. The van der Waals surface area contributed by atoms with Gasteiger partial charge < -0.3 is 10.8 Å². The maximum Gasteiger partial charge on any atom is 0.305 e. The van der Waals surface area contributed by atoms with Crippen molar-refractivity contribution in [3.05, 3.63) is 24.3 Å². The highest BCUT2D eigenvalue weighted by molar-refractivity contribution is 5.68. The molecule has 0 aromatic heterocycles. The number of carboxylic acids is 1. The Hall–Kier alpha value is -1.09. The van der Waals surface area contributed by atoms with E-state index in [9.17, 15) is 4.79 Å². The molecule has 110 valence electrons. The van der Waals surface area contributed by atoms with E-state index in [0.717, 1.165) is 19.3 Å². The molecule has 0 rings (SSSR count). The first-order chi connectivity index (χ1) is 8.68. The van der Waals surface area contributed by atoms with Crippen LogP contribution in [0.1, 0.15) is 59.8 Å². The Morgan fingerprint density at radius 3 is 2.26 bits per heavy atom. The Balaban J connectivity index is 4.23. The minimum atomic E-state index is -0.832. The molecule has 0 aliphatic heterocycles. The van der Waals surface area contributed by atoms with E-state index in [1.165, 1.54) is 0 Å². The van der Waals surface area contributed by atoms with Gasteiger partial charge in [0.1, 0.15) is 0 Å². The van der Waals surface area contributed by atoms with Gasteiger partial charge in [0.25, 0.3) is 0 Å². The van der Waals surface area contributed by atoms with Gasteiger partial charge in [-0.1, -0.05) is 45.1 Å². The third kappa shape index (κ3) is 10.5. The van der Waals surface area contributed by atoms with Crippen molar-refractivity contribution < 1.29 is 9.90 Å². The molecule has 3 N–H and O–H groups in total. The maximum atomic E-state index is 10.8. The molecule has 0 aliphatic carbocycles. The number of aliphatic carboxylic acids is 1. The van der Waals surface area contributed by atoms with Gasteiger partial charge in [-0.15, -0.1) is 0 Å². The van der Waals surface area contributed by atoms with Crippen molar-refractivity contribution in [2.75, 3.05) is 0 Å². The van der Waals surface area contributed by atoms with Gasteiger partial charge in [0, 0.05) is 5.54 Å². The van der Waals surface area contributed by atoms with Gasteiger partial charge in [-0.25, -0.2) is 0 Å². The van der Waals surface area contributed by atoms with Gasteiger partial charge in [-0.2, -0.15) is 0 Å². The van der Waals surface area contributed by atoms with Crippen LogP contribution in [0, 0.1) is 5.41 Å². The number of nitrogens with two attached hydrogens (primary N) is 1. The average molecular weight is 267 g/mol. The van der Waals surface area contributed by atoms with Gasteiger partial charge >= 0.3 is 5.97 Å². The summed E-state index contributed by atoms with van der Waals surface area (Å²) in [5.41, 5.74) is 5.43. The Kier molecular flexibility index (Phi) is 7.69. The minimum Gasteiger partial charge on any atom is -0.481 e. The second-order valence-electron chi connectivity index (χ2n) is 6.36. The van der Waals surface area contributed by atoms with E-state index in [-0.39, 0.29) is 11.8 Å². The van der Waals surface area contributed by atoms with Crippen molar-refractivity contribution in [3.63, 3.8) is 0 Å². The van der Waals surface area contributed by atoms with E-state index in [4.69, 9.17) is 10.8 Å². The summed E-state index contributed by atoms with van der Waals surface area (Å²) in [5, 5.41) is 8.84. The zero-order valence-corrected chi connectivity index (χ0v) is 12.8. The van der Waals surface area contributed by atoms with Crippen molar-refractivity contribution in [1.29, 1.82) is 0 Å². The molecule has 1 atom stereocenters. The number of carbonyl (C=O) groups is 1. The van der Waals surface area contributed by atoms with Crippen LogP contribution in [0.2, 0.25) is 0 Å². The van der Waals surface area contributed by atoms with Crippen molar-refractivity contribution >= 4 is 5.97 Å². The van der Waals surface area contributed by atoms with Crippen molar-refractivity contribution in [1.82, 2.24) is 0 Å². The summed E-state index contributed by atoms with van der Waals surface area (Å²) in [6.45, 7) is 8.20. The van der Waals surface area contributed by atoms with E-state index in [1.54, 1.807) is 0 Å². The summed E-state index contributed by atoms with van der Waals surface area (Å²) in [5.74, 6) is -0.832. The van der Waals surface area contributed by atoms with E-state index >= 15 is 0 Å². The molecular formula is C16H29NO2. The number of hydrogen-bond acceptors (Lipinski definition) is 2. The van der Waals surface area contributed by atoms with Gasteiger partial charge in [0.15, 0.2) is 0 Å². The highest BCUT2D eigenvalue weighted by Gasteiger charge is 2.30. The zero-order valence-electron chi connectivity index (χ0n) is 12.8. The molecule has 0 aromatic rings. The van der Waals surface area contributed by atoms with Gasteiger partial charge in [0.2, 0.25) is 0 Å². The molecule has 0 heterocycles. The van der Waals surface area contributed by atoms with Crippen LogP contribution in [0.3, 0.4) is 0 Å². The number of carboxylic acid groups (broad SMARTS) is 1. The molecule has 0 saturated heterocycles. The first kappa shape index (κ1) is 17.9. The van der Waals surface area contributed by atoms with E-state index in [1.807, 2.05) is 6.92 Å². The minimum absolute atomic E-state index is 0.0133. The molecule has 0 fully saturated rings. The largest absolute Gasteiger partial charge is 0.481 e. The normalized spacial score (nSPS) is 16.1. The summed E-state index contributed by atoms with van der Waals surface area (Å²) in [7, 11) is 0. The SMILES string of the molecule is CC/C=C\C/C=C\CC(C)(C)CC(C)(N)CC(=O)O. The highest BCUT2D eigenvalue weighted by Crippen LogP contribution is 2.32. The molecule has 0 amide bonds. The second kappa shape index (κ2) is 8.16. The third-order valence-electron chi connectivity index (χ3n) is 2.95. The van der Waals surface area contributed by atoms with Crippen LogP contribution in [-0.2, 0) is 4.79 Å². The third-order valence-corrected chi connectivity index (χ3v) is 2.95. The van der Waals surface area contributed by atoms with Crippen LogP contribution in [0.5, 0.6) is 0 Å². The molecule has 0 radical (unpaired) electrons. The molecular weight excluding hydrogens is 238 g/mol. The summed E-state index contributed by atoms with van der Waals surface area (Å²) < 4.78 is 0. The number of allylic oxidation sites excluding steroid dienone is 4. The molecule has 0 aromatic carbocycles. The lowest BCUT2D eigenvalue weighted by Gasteiger charge is -2.33. The van der Waals surface area contributed by atoms with Crippen LogP contribution in [0.25, 0.3) is 0 Å². The van der Waals surface area contributed by atoms with Gasteiger partial charge in [-0.3, -0.25) is 4.79 Å². The predicted molar refractivity (Wildman–Crippen MR) is 81.0 cm³/mol.